The van der Waals surface area contributed by atoms with Crippen molar-refractivity contribution in [3.05, 3.63) is 83.9 Å². The first kappa shape index (κ1) is 26.2. The van der Waals surface area contributed by atoms with E-state index in [0.29, 0.717) is 26.1 Å². The van der Waals surface area contributed by atoms with E-state index in [0.717, 1.165) is 33.6 Å². The maximum Gasteiger partial charge on any atom is 0.335 e. The van der Waals surface area contributed by atoms with Crippen molar-refractivity contribution < 1.29 is 14.4 Å². The lowest BCUT2D eigenvalue weighted by atomic mass is 10.0. The Morgan fingerprint density at radius 2 is 1.69 bits per heavy atom. The predicted molar refractivity (Wildman–Crippen MR) is 152 cm³/mol. The van der Waals surface area contributed by atoms with E-state index >= 15 is 0 Å². The molecule has 0 saturated carbocycles. The summed E-state index contributed by atoms with van der Waals surface area (Å²) in [6.45, 7) is 4.34. The minimum Gasteiger partial charge on any atom is -0.344 e. The molecule has 202 valence electrons. The Morgan fingerprint density at radius 1 is 1.00 bits per heavy atom. The van der Waals surface area contributed by atoms with Crippen molar-refractivity contribution in [3.8, 4) is 11.1 Å². The number of rotatable bonds is 7. The van der Waals surface area contributed by atoms with Crippen molar-refractivity contribution in [2.24, 2.45) is 5.73 Å². The topological polar surface area (TPSA) is 120 Å². The van der Waals surface area contributed by atoms with Crippen LogP contribution in [0.2, 0.25) is 0 Å². The van der Waals surface area contributed by atoms with Gasteiger partial charge in [0.15, 0.2) is 0 Å². The van der Waals surface area contributed by atoms with Gasteiger partial charge in [-0.25, -0.2) is 10.2 Å². The molecule has 0 unspecified atom stereocenters. The van der Waals surface area contributed by atoms with Crippen LogP contribution in [0, 0.1) is 0 Å². The smallest absolute Gasteiger partial charge is 0.335 e. The summed E-state index contributed by atoms with van der Waals surface area (Å²) >= 11 is 0. The summed E-state index contributed by atoms with van der Waals surface area (Å²) in [6, 6.07) is 23.0. The zero-order valence-electron chi connectivity index (χ0n) is 22.2. The van der Waals surface area contributed by atoms with Crippen molar-refractivity contribution in [2.75, 3.05) is 16.6 Å². The van der Waals surface area contributed by atoms with Gasteiger partial charge >= 0.3 is 6.03 Å². The van der Waals surface area contributed by atoms with E-state index in [1.54, 1.807) is 23.8 Å². The molecule has 2 aliphatic rings. The molecular weight excluding hydrogens is 492 g/mol. The number of nitrogens with one attached hydrogen (secondary N) is 3. The molecule has 1 atom stereocenters. The van der Waals surface area contributed by atoms with Gasteiger partial charge < -0.3 is 21.3 Å². The lowest BCUT2D eigenvalue weighted by molar-refractivity contribution is -0.128. The van der Waals surface area contributed by atoms with E-state index in [-0.39, 0.29) is 24.3 Å². The lowest BCUT2D eigenvalue weighted by Gasteiger charge is -2.27. The van der Waals surface area contributed by atoms with Crippen molar-refractivity contribution in [1.29, 1.82) is 0 Å². The van der Waals surface area contributed by atoms with Gasteiger partial charge in [0, 0.05) is 23.2 Å². The van der Waals surface area contributed by atoms with Crippen LogP contribution in [0.5, 0.6) is 0 Å². The molecule has 1 saturated heterocycles. The first-order valence-electron chi connectivity index (χ1n) is 13.2. The second-order valence-electron chi connectivity index (χ2n) is 10.8. The molecule has 39 heavy (non-hydrogen) atoms. The molecule has 1 fully saturated rings. The van der Waals surface area contributed by atoms with Crippen molar-refractivity contribution >= 4 is 29.2 Å². The van der Waals surface area contributed by atoms with E-state index < -0.39 is 11.6 Å². The van der Waals surface area contributed by atoms with Crippen LogP contribution in [-0.2, 0) is 22.6 Å². The standard InChI is InChI=1S/C30H34N6O3/c1-30(2,31)17-27(37)33-24-16-15-22-7-3-5-9-25(22)35(28(24)38)18-20-11-13-21(14-12-20)23-8-4-6-10-26(23)36-19-32-29(39)34-36/h3-14,24H,15-19,31H2,1-2H3,(H,33,37)(H2,32,34,39)/t24-/m1/s1. The summed E-state index contributed by atoms with van der Waals surface area (Å²) in [4.78, 5) is 39.8. The molecule has 5 rings (SSSR count). The third-order valence-electron chi connectivity index (χ3n) is 6.93. The van der Waals surface area contributed by atoms with E-state index in [4.69, 9.17) is 5.73 Å². The molecule has 3 aromatic carbocycles. The van der Waals surface area contributed by atoms with E-state index in [2.05, 4.69) is 16.1 Å². The summed E-state index contributed by atoms with van der Waals surface area (Å²) < 4.78 is 0. The number of carbonyl (C=O) groups excluding carboxylic acids is 3. The number of fused-ring (bicyclic) bond motifs is 1. The molecule has 5 N–H and O–H groups in total. The largest absolute Gasteiger partial charge is 0.344 e. The second-order valence-corrected chi connectivity index (χ2v) is 10.8. The highest BCUT2D eigenvalue weighted by Gasteiger charge is 2.32. The van der Waals surface area contributed by atoms with Crippen LogP contribution in [0.15, 0.2) is 72.8 Å². The summed E-state index contributed by atoms with van der Waals surface area (Å²) in [6.07, 6.45) is 1.36. The molecule has 2 aliphatic heterocycles. The number of nitrogens with two attached hydrogens (primary N) is 1. The monoisotopic (exact) mass is 526 g/mol. The fourth-order valence-corrected chi connectivity index (χ4v) is 5.10. The van der Waals surface area contributed by atoms with Gasteiger partial charge in [-0.2, -0.15) is 0 Å². The molecule has 4 amide bonds. The van der Waals surface area contributed by atoms with Crippen LogP contribution >= 0.6 is 0 Å². The fourth-order valence-electron chi connectivity index (χ4n) is 5.10. The van der Waals surface area contributed by atoms with Gasteiger partial charge in [-0.1, -0.05) is 60.7 Å². The predicted octanol–water partition coefficient (Wildman–Crippen LogP) is 3.44. The number of nitrogens with zero attached hydrogens (tertiary/aromatic N) is 2. The Balaban J connectivity index is 1.38. The van der Waals surface area contributed by atoms with Crippen LogP contribution < -0.4 is 31.7 Å². The first-order valence-corrected chi connectivity index (χ1v) is 13.2. The Morgan fingerprint density at radius 3 is 2.38 bits per heavy atom. The zero-order valence-corrected chi connectivity index (χ0v) is 22.2. The summed E-state index contributed by atoms with van der Waals surface area (Å²) in [5.41, 5.74) is 13.9. The number of hydrogen-bond acceptors (Lipinski definition) is 5. The molecule has 9 heteroatoms. The number of aryl methyl sites for hydroxylation is 1. The average molecular weight is 527 g/mol. The van der Waals surface area contributed by atoms with Crippen molar-refractivity contribution in [3.63, 3.8) is 0 Å². The van der Waals surface area contributed by atoms with E-state index in [9.17, 15) is 14.4 Å². The lowest BCUT2D eigenvalue weighted by Crippen LogP contribution is -2.49. The molecule has 9 nitrogen and oxygen atoms in total. The number of para-hydroxylation sites is 2. The first-order chi connectivity index (χ1) is 18.7. The number of anilines is 2. The van der Waals surface area contributed by atoms with E-state index in [1.807, 2.05) is 72.8 Å². The van der Waals surface area contributed by atoms with Crippen LogP contribution in [0.1, 0.15) is 37.8 Å². The highest BCUT2D eigenvalue weighted by atomic mass is 16.2. The number of carbonyl (C=O) groups is 3. The van der Waals surface area contributed by atoms with E-state index in [1.165, 1.54) is 0 Å². The minimum atomic E-state index is -0.655. The quantitative estimate of drug-likeness (QED) is 0.376. The second kappa shape index (κ2) is 10.8. The molecule has 3 aromatic rings. The average Bonchev–Trinajstić information content (AvgIpc) is 3.30. The van der Waals surface area contributed by atoms with Gasteiger partial charge in [-0.15, -0.1) is 0 Å². The number of hydrogen-bond donors (Lipinski definition) is 4. The maximum absolute atomic E-state index is 13.8. The number of amides is 4. The normalized spacial score (nSPS) is 17.3. The van der Waals surface area contributed by atoms with Gasteiger partial charge in [0.2, 0.25) is 11.8 Å². The molecule has 0 aliphatic carbocycles. The molecule has 2 heterocycles. The van der Waals surface area contributed by atoms with Gasteiger partial charge in [0.25, 0.3) is 0 Å². The van der Waals surface area contributed by atoms with Crippen LogP contribution in [0.3, 0.4) is 0 Å². The SMILES string of the molecule is CC(C)(N)CC(=O)N[C@@H]1CCc2ccccc2N(Cc2ccc(-c3ccccc3N3CNC(=O)N3)cc2)C1=O. The van der Waals surface area contributed by atoms with Crippen LogP contribution in [0.25, 0.3) is 11.1 Å². The summed E-state index contributed by atoms with van der Waals surface area (Å²) in [7, 11) is 0. The number of hydrazine groups is 1. The van der Waals surface area contributed by atoms with Crippen molar-refractivity contribution in [1.82, 2.24) is 16.1 Å². The Bertz CT molecular complexity index is 1380. The third-order valence-corrected chi connectivity index (χ3v) is 6.93. The molecule has 0 aromatic heterocycles. The summed E-state index contributed by atoms with van der Waals surface area (Å²) in [5, 5.41) is 7.46. The van der Waals surface area contributed by atoms with Crippen molar-refractivity contribution in [2.45, 2.75) is 51.2 Å². The van der Waals surface area contributed by atoms with Gasteiger partial charge in [-0.05, 0) is 55.5 Å². The highest BCUT2D eigenvalue weighted by molar-refractivity contribution is 6.00. The Kier molecular flexibility index (Phi) is 7.26. The fraction of sp³-hybridized carbons (Fsp3) is 0.300. The minimum absolute atomic E-state index is 0.130. The number of urea groups is 1. The highest BCUT2D eigenvalue weighted by Crippen LogP contribution is 2.32. The maximum atomic E-state index is 13.8. The van der Waals surface area contributed by atoms with Gasteiger partial charge in [-0.3, -0.25) is 14.6 Å². The Labute approximate surface area is 228 Å². The van der Waals surface area contributed by atoms with Gasteiger partial charge in [0.1, 0.15) is 12.7 Å². The van der Waals surface area contributed by atoms with Gasteiger partial charge in [0.05, 0.1) is 12.2 Å². The molecule has 0 spiro atoms. The molecule has 0 bridgehead atoms. The Hall–Kier alpha value is -4.37. The number of benzene rings is 3. The van der Waals surface area contributed by atoms with Crippen LogP contribution in [0.4, 0.5) is 16.2 Å². The molecule has 0 radical (unpaired) electrons. The molecular formula is C30H34N6O3. The summed E-state index contributed by atoms with van der Waals surface area (Å²) in [5.74, 6) is -0.353. The zero-order chi connectivity index (χ0) is 27.6. The van der Waals surface area contributed by atoms with Crippen LogP contribution in [-0.4, -0.2) is 36.1 Å². The third kappa shape index (κ3) is 6.04.